The highest BCUT2D eigenvalue weighted by molar-refractivity contribution is 7.89. The molecule has 1 heterocycles. The molecular formula is C24H23FN2O4S. The monoisotopic (exact) mass is 454 g/mol. The molecule has 0 spiro atoms. The number of hydrogen-bond acceptors (Lipinski definition) is 4. The lowest BCUT2D eigenvalue weighted by Gasteiger charge is -2.23. The van der Waals surface area contributed by atoms with Gasteiger partial charge in [0, 0.05) is 12.2 Å². The van der Waals surface area contributed by atoms with Crippen molar-refractivity contribution in [3.05, 3.63) is 90.2 Å². The quantitative estimate of drug-likeness (QED) is 0.581. The van der Waals surface area contributed by atoms with Gasteiger partial charge in [0.2, 0.25) is 15.9 Å². The zero-order valence-electron chi connectivity index (χ0n) is 17.3. The summed E-state index contributed by atoms with van der Waals surface area (Å²) in [6.07, 6.45) is 0.995. The third-order valence-corrected chi connectivity index (χ3v) is 7.22. The van der Waals surface area contributed by atoms with Gasteiger partial charge in [-0.05, 0) is 66.9 Å². The number of amides is 1. The molecule has 1 aliphatic heterocycles. The van der Waals surface area contributed by atoms with Crippen molar-refractivity contribution in [2.75, 3.05) is 11.9 Å². The Morgan fingerprint density at radius 3 is 2.38 bits per heavy atom. The van der Waals surface area contributed by atoms with Crippen molar-refractivity contribution in [1.82, 2.24) is 4.31 Å². The van der Waals surface area contributed by atoms with Crippen LogP contribution in [0.5, 0.6) is 5.75 Å². The molecule has 3 aromatic carbocycles. The van der Waals surface area contributed by atoms with E-state index in [0.29, 0.717) is 30.9 Å². The van der Waals surface area contributed by atoms with Gasteiger partial charge in [-0.3, -0.25) is 4.79 Å². The van der Waals surface area contributed by atoms with Crippen molar-refractivity contribution < 1.29 is 22.3 Å². The van der Waals surface area contributed by atoms with E-state index < -0.39 is 27.8 Å². The molecule has 0 bridgehead atoms. The molecule has 1 saturated heterocycles. The van der Waals surface area contributed by atoms with Crippen molar-refractivity contribution in [3.8, 4) is 5.75 Å². The number of benzene rings is 3. The fraction of sp³-hybridized carbons (Fsp3) is 0.208. The number of hydrogen-bond donors (Lipinski definition) is 1. The standard InChI is InChI=1S/C24H23FN2O4S/c25-19-8-14-22(15-9-19)32(29,30)27-16-4-7-23(27)24(28)26-20-10-12-21(13-11-20)31-17-18-5-2-1-3-6-18/h1-3,5-6,8-15,23H,4,7,16-17H2,(H,26,28). The maximum atomic E-state index is 13.2. The molecule has 0 aliphatic carbocycles. The number of rotatable bonds is 7. The lowest BCUT2D eigenvalue weighted by Crippen LogP contribution is -2.43. The van der Waals surface area contributed by atoms with Gasteiger partial charge in [-0.15, -0.1) is 0 Å². The van der Waals surface area contributed by atoms with Gasteiger partial charge >= 0.3 is 0 Å². The Bertz CT molecular complexity index is 1170. The molecule has 1 atom stereocenters. The van der Waals surface area contributed by atoms with E-state index in [4.69, 9.17) is 4.74 Å². The molecule has 0 radical (unpaired) electrons. The van der Waals surface area contributed by atoms with Crippen LogP contribution in [0.15, 0.2) is 83.8 Å². The Kier molecular flexibility index (Phi) is 6.53. The van der Waals surface area contributed by atoms with Crippen LogP contribution in [0.1, 0.15) is 18.4 Å². The molecule has 1 N–H and O–H groups in total. The van der Waals surface area contributed by atoms with Crippen molar-refractivity contribution in [2.24, 2.45) is 0 Å². The average molecular weight is 455 g/mol. The van der Waals surface area contributed by atoms with Crippen molar-refractivity contribution in [2.45, 2.75) is 30.4 Å². The van der Waals surface area contributed by atoms with Crippen LogP contribution in [0.25, 0.3) is 0 Å². The largest absolute Gasteiger partial charge is 0.489 e. The highest BCUT2D eigenvalue weighted by Crippen LogP contribution is 2.27. The summed E-state index contributed by atoms with van der Waals surface area (Å²) in [6, 6.07) is 20.5. The molecule has 4 rings (SSSR count). The molecule has 6 nitrogen and oxygen atoms in total. The number of carbonyl (C=O) groups excluding carboxylic acids is 1. The molecule has 3 aromatic rings. The Hall–Kier alpha value is -3.23. The number of sulfonamides is 1. The number of halogens is 1. The SMILES string of the molecule is O=C(Nc1ccc(OCc2ccccc2)cc1)C1CCCN1S(=O)(=O)c1ccc(F)cc1. The molecule has 0 saturated carbocycles. The van der Waals surface area contributed by atoms with Gasteiger partial charge in [-0.1, -0.05) is 30.3 Å². The summed E-state index contributed by atoms with van der Waals surface area (Å²) in [6.45, 7) is 0.675. The summed E-state index contributed by atoms with van der Waals surface area (Å²) in [5.41, 5.74) is 1.60. The second kappa shape index (κ2) is 9.50. The summed E-state index contributed by atoms with van der Waals surface area (Å²) in [7, 11) is -3.90. The maximum absolute atomic E-state index is 13.2. The minimum atomic E-state index is -3.90. The van der Waals surface area contributed by atoms with Crippen molar-refractivity contribution in [3.63, 3.8) is 0 Å². The maximum Gasteiger partial charge on any atom is 0.243 e. The van der Waals surface area contributed by atoms with E-state index in [1.165, 1.54) is 16.4 Å². The van der Waals surface area contributed by atoms with Crippen molar-refractivity contribution >= 4 is 21.6 Å². The molecule has 32 heavy (non-hydrogen) atoms. The summed E-state index contributed by atoms with van der Waals surface area (Å²) >= 11 is 0. The third kappa shape index (κ3) is 4.98. The Balaban J connectivity index is 1.40. The van der Waals surface area contributed by atoms with Gasteiger partial charge in [0.15, 0.2) is 0 Å². The summed E-state index contributed by atoms with van der Waals surface area (Å²) < 4.78 is 46.0. The van der Waals surface area contributed by atoms with Crippen LogP contribution >= 0.6 is 0 Å². The fourth-order valence-corrected chi connectivity index (χ4v) is 5.29. The smallest absolute Gasteiger partial charge is 0.243 e. The molecule has 1 fully saturated rings. The molecule has 1 aliphatic rings. The van der Waals surface area contributed by atoms with Crippen LogP contribution in [-0.2, 0) is 21.4 Å². The zero-order chi connectivity index (χ0) is 22.6. The highest BCUT2D eigenvalue weighted by Gasteiger charge is 2.39. The lowest BCUT2D eigenvalue weighted by atomic mass is 10.2. The molecular weight excluding hydrogens is 431 g/mol. The second-order valence-electron chi connectivity index (χ2n) is 7.52. The number of nitrogens with one attached hydrogen (secondary N) is 1. The predicted octanol–water partition coefficient (Wildman–Crippen LogP) is 4.20. The van der Waals surface area contributed by atoms with Gasteiger partial charge in [0.25, 0.3) is 0 Å². The van der Waals surface area contributed by atoms with E-state index in [9.17, 15) is 17.6 Å². The molecule has 0 aromatic heterocycles. The Labute approximate surface area is 186 Å². The number of ether oxygens (including phenoxy) is 1. The van der Waals surface area contributed by atoms with Crippen LogP contribution < -0.4 is 10.1 Å². The van der Waals surface area contributed by atoms with E-state index in [-0.39, 0.29) is 11.4 Å². The lowest BCUT2D eigenvalue weighted by molar-refractivity contribution is -0.119. The van der Waals surface area contributed by atoms with Gasteiger partial charge in [-0.2, -0.15) is 4.31 Å². The van der Waals surface area contributed by atoms with E-state index in [1.54, 1.807) is 24.3 Å². The Morgan fingerprint density at radius 1 is 1.00 bits per heavy atom. The first-order valence-corrected chi connectivity index (χ1v) is 11.7. The zero-order valence-corrected chi connectivity index (χ0v) is 18.1. The van der Waals surface area contributed by atoms with E-state index >= 15 is 0 Å². The molecule has 1 amide bonds. The molecule has 8 heteroatoms. The minimum Gasteiger partial charge on any atom is -0.489 e. The number of anilines is 1. The highest BCUT2D eigenvalue weighted by atomic mass is 32.2. The van der Waals surface area contributed by atoms with Gasteiger partial charge in [0.1, 0.15) is 24.2 Å². The fourth-order valence-electron chi connectivity index (χ4n) is 3.63. The van der Waals surface area contributed by atoms with Crippen LogP contribution in [-0.4, -0.2) is 31.2 Å². The minimum absolute atomic E-state index is 0.0292. The van der Waals surface area contributed by atoms with E-state index in [1.807, 2.05) is 30.3 Å². The van der Waals surface area contributed by atoms with Crippen molar-refractivity contribution in [1.29, 1.82) is 0 Å². The first-order valence-electron chi connectivity index (χ1n) is 10.3. The van der Waals surface area contributed by atoms with Gasteiger partial charge in [0.05, 0.1) is 4.90 Å². The van der Waals surface area contributed by atoms with Gasteiger partial charge < -0.3 is 10.1 Å². The molecule has 1 unspecified atom stereocenters. The van der Waals surface area contributed by atoms with Crippen LogP contribution in [0, 0.1) is 5.82 Å². The summed E-state index contributed by atoms with van der Waals surface area (Å²) in [5.74, 6) is -0.254. The first kappa shape index (κ1) is 22.0. The van der Waals surface area contributed by atoms with E-state index in [0.717, 1.165) is 17.7 Å². The summed E-state index contributed by atoms with van der Waals surface area (Å²) in [4.78, 5) is 12.8. The molecule has 166 valence electrons. The number of nitrogens with zero attached hydrogens (tertiary/aromatic N) is 1. The average Bonchev–Trinajstić information content (AvgIpc) is 3.31. The van der Waals surface area contributed by atoms with Crippen LogP contribution in [0.4, 0.5) is 10.1 Å². The van der Waals surface area contributed by atoms with E-state index in [2.05, 4.69) is 5.32 Å². The second-order valence-corrected chi connectivity index (χ2v) is 9.41. The topological polar surface area (TPSA) is 75.7 Å². The summed E-state index contributed by atoms with van der Waals surface area (Å²) in [5, 5.41) is 2.79. The first-order chi connectivity index (χ1) is 15.4. The van der Waals surface area contributed by atoms with Crippen LogP contribution in [0.2, 0.25) is 0 Å². The Morgan fingerprint density at radius 2 is 1.69 bits per heavy atom. The van der Waals surface area contributed by atoms with Crippen LogP contribution in [0.3, 0.4) is 0 Å². The van der Waals surface area contributed by atoms with Gasteiger partial charge in [-0.25, -0.2) is 12.8 Å². The third-order valence-electron chi connectivity index (χ3n) is 5.30. The predicted molar refractivity (Wildman–Crippen MR) is 119 cm³/mol. The normalized spacial score (nSPS) is 16.6. The number of carbonyl (C=O) groups is 1.